The van der Waals surface area contributed by atoms with Crippen LogP contribution in [0.25, 0.3) is 21.8 Å². The Morgan fingerprint density at radius 1 is 1.04 bits per heavy atom. The zero-order valence-electron chi connectivity index (χ0n) is 13.9. The summed E-state index contributed by atoms with van der Waals surface area (Å²) in [4.78, 5) is 0. The van der Waals surface area contributed by atoms with Gasteiger partial charge in [0.15, 0.2) is 0 Å². The van der Waals surface area contributed by atoms with E-state index in [1.54, 1.807) is 0 Å². The summed E-state index contributed by atoms with van der Waals surface area (Å²) in [6, 6.07) is 12.1. The number of aromatic nitrogens is 1. The predicted octanol–water partition coefficient (Wildman–Crippen LogP) is 4.85. The number of aliphatic hydroxyl groups is 1. The molecule has 3 nitrogen and oxygen atoms in total. The van der Waals surface area contributed by atoms with Crippen molar-refractivity contribution in [2.45, 2.75) is 39.0 Å². The number of rotatable bonds is 6. The monoisotopic (exact) mass is 364 g/mol. The molecule has 2 unspecified atom stereocenters. The summed E-state index contributed by atoms with van der Waals surface area (Å²) in [7, 11) is 0. The zero-order chi connectivity index (χ0) is 17.3. The van der Waals surface area contributed by atoms with E-state index in [4.69, 9.17) is 23.2 Å². The van der Waals surface area contributed by atoms with Gasteiger partial charge in [0.2, 0.25) is 0 Å². The van der Waals surface area contributed by atoms with Crippen LogP contribution in [0, 0.1) is 0 Å². The van der Waals surface area contributed by atoms with Gasteiger partial charge in [-0.3, -0.25) is 0 Å². The van der Waals surface area contributed by atoms with Crippen LogP contribution in [0.4, 0.5) is 0 Å². The normalized spacial score (nSPS) is 14.4. The van der Waals surface area contributed by atoms with E-state index in [-0.39, 0.29) is 0 Å². The number of fused-ring (bicyclic) bond motifs is 3. The van der Waals surface area contributed by atoms with Crippen molar-refractivity contribution >= 4 is 45.0 Å². The maximum Gasteiger partial charge on any atom is 0.0843 e. The van der Waals surface area contributed by atoms with Crippen LogP contribution in [0.5, 0.6) is 0 Å². The van der Waals surface area contributed by atoms with E-state index in [2.05, 4.69) is 23.7 Å². The van der Waals surface area contributed by atoms with E-state index in [0.29, 0.717) is 29.2 Å². The molecule has 0 bridgehead atoms. The number of hydrogen-bond acceptors (Lipinski definition) is 2. The van der Waals surface area contributed by atoms with E-state index in [1.165, 1.54) is 0 Å². The van der Waals surface area contributed by atoms with Crippen LogP contribution in [-0.2, 0) is 6.54 Å². The first-order chi connectivity index (χ1) is 11.5. The third-order valence-corrected chi connectivity index (χ3v) is 4.97. The van der Waals surface area contributed by atoms with Gasteiger partial charge in [-0.25, -0.2) is 0 Å². The molecule has 0 radical (unpaired) electrons. The molecule has 3 rings (SSSR count). The highest BCUT2D eigenvalue weighted by atomic mass is 35.5. The molecule has 1 heterocycles. The molecule has 128 valence electrons. The molecule has 2 aromatic carbocycles. The molecular weight excluding hydrogens is 343 g/mol. The van der Waals surface area contributed by atoms with Gasteiger partial charge in [0.25, 0.3) is 0 Å². The van der Waals surface area contributed by atoms with Crippen molar-refractivity contribution in [3.63, 3.8) is 0 Å². The molecule has 0 fully saturated rings. The highest BCUT2D eigenvalue weighted by Gasteiger charge is 2.15. The number of nitrogens with one attached hydrogen (secondary N) is 1. The summed E-state index contributed by atoms with van der Waals surface area (Å²) in [5.74, 6) is 0. The summed E-state index contributed by atoms with van der Waals surface area (Å²) >= 11 is 12.3. The van der Waals surface area contributed by atoms with Gasteiger partial charge in [-0.05, 0) is 49.7 Å². The lowest BCUT2D eigenvalue weighted by Gasteiger charge is -2.17. The zero-order valence-corrected chi connectivity index (χ0v) is 15.4. The molecule has 24 heavy (non-hydrogen) atoms. The number of benzene rings is 2. The van der Waals surface area contributed by atoms with Crippen LogP contribution in [0.1, 0.15) is 20.3 Å². The molecule has 0 aliphatic heterocycles. The minimum Gasteiger partial charge on any atom is -0.390 e. The molecule has 3 aromatic rings. The second-order valence-electron chi connectivity index (χ2n) is 6.30. The van der Waals surface area contributed by atoms with E-state index in [0.717, 1.165) is 28.2 Å². The third-order valence-electron chi connectivity index (χ3n) is 4.50. The van der Waals surface area contributed by atoms with E-state index >= 15 is 0 Å². The van der Waals surface area contributed by atoms with Gasteiger partial charge >= 0.3 is 0 Å². The fourth-order valence-corrected chi connectivity index (χ4v) is 3.35. The largest absolute Gasteiger partial charge is 0.390 e. The van der Waals surface area contributed by atoms with Crippen molar-refractivity contribution in [3.8, 4) is 0 Å². The molecule has 0 aliphatic rings. The molecule has 0 aliphatic carbocycles. The molecule has 0 spiro atoms. The highest BCUT2D eigenvalue weighted by Crippen LogP contribution is 2.32. The summed E-state index contributed by atoms with van der Waals surface area (Å²) in [6.45, 7) is 5.34. The number of hydrogen-bond donors (Lipinski definition) is 2. The van der Waals surface area contributed by atoms with Crippen molar-refractivity contribution in [3.05, 3.63) is 46.4 Å². The Hall–Kier alpha value is -1.26. The summed E-state index contributed by atoms with van der Waals surface area (Å²) < 4.78 is 2.14. The van der Waals surface area contributed by atoms with Gasteiger partial charge in [-0.15, -0.1) is 0 Å². The van der Waals surface area contributed by atoms with Gasteiger partial charge in [0, 0.05) is 44.4 Å². The van der Waals surface area contributed by atoms with Crippen molar-refractivity contribution in [1.82, 2.24) is 9.88 Å². The maximum absolute atomic E-state index is 10.5. The molecule has 0 saturated carbocycles. The van der Waals surface area contributed by atoms with E-state index in [1.807, 2.05) is 36.4 Å². The number of nitrogens with zero attached hydrogens (tertiary/aromatic N) is 1. The van der Waals surface area contributed by atoms with Gasteiger partial charge in [-0.1, -0.05) is 30.1 Å². The Morgan fingerprint density at radius 2 is 1.58 bits per heavy atom. The summed E-state index contributed by atoms with van der Waals surface area (Å²) in [5, 5.41) is 17.3. The van der Waals surface area contributed by atoms with Crippen molar-refractivity contribution in [1.29, 1.82) is 0 Å². The highest BCUT2D eigenvalue weighted by molar-refractivity contribution is 6.33. The minimum absolute atomic E-state index is 0.399. The average molecular weight is 365 g/mol. The van der Waals surface area contributed by atoms with E-state index < -0.39 is 6.10 Å². The topological polar surface area (TPSA) is 37.2 Å². The van der Waals surface area contributed by atoms with Crippen LogP contribution in [0.3, 0.4) is 0 Å². The van der Waals surface area contributed by atoms with E-state index in [9.17, 15) is 5.11 Å². The van der Waals surface area contributed by atoms with Crippen LogP contribution in [0.15, 0.2) is 36.4 Å². The second-order valence-corrected chi connectivity index (χ2v) is 7.18. The van der Waals surface area contributed by atoms with Crippen LogP contribution >= 0.6 is 23.2 Å². The molecule has 2 atom stereocenters. The first kappa shape index (κ1) is 17.6. The first-order valence-corrected chi connectivity index (χ1v) is 9.03. The van der Waals surface area contributed by atoms with Gasteiger partial charge in [0.1, 0.15) is 0 Å². The minimum atomic E-state index is -0.468. The smallest absolute Gasteiger partial charge is 0.0843 e. The van der Waals surface area contributed by atoms with Crippen LogP contribution in [0.2, 0.25) is 10.0 Å². The Bertz CT molecular complexity index is 800. The number of aliphatic hydroxyl groups excluding tert-OH is 1. The molecule has 1 aromatic heterocycles. The fraction of sp³-hybridized carbons (Fsp3) is 0.368. The standard InChI is InChI=1S/C19H22Cl2N2O/c1-3-12(2)22-10-15(24)11-23-18-6-4-13(20)8-16(18)17-9-14(21)5-7-19(17)23/h4-9,12,15,22,24H,3,10-11H2,1-2H3. The quantitative estimate of drug-likeness (QED) is 0.655. The van der Waals surface area contributed by atoms with Crippen LogP contribution in [-0.4, -0.2) is 28.4 Å². The van der Waals surface area contributed by atoms with Crippen molar-refractivity contribution in [2.24, 2.45) is 0 Å². The fourth-order valence-electron chi connectivity index (χ4n) is 3.00. The van der Waals surface area contributed by atoms with Crippen molar-refractivity contribution in [2.75, 3.05) is 6.54 Å². The summed E-state index contributed by atoms with van der Waals surface area (Å²) in [6.07, 6.45) is 0.572. The Balaban J connectivity index is 1.99. The predicted molar refractivity (Wildman–Crippen MR) is 103 cm³/mol. The SMILES string of the molecule is CCC(C)NCC(O)Cn1c2ccc(Cl)cc2c2cc(Cl)ccc21. The van der Waals surface area contributed by atoms with Gasteiger partial charge in [0.05, 0.1) is 12.6 Å². The molecule has 0 amide bonds. The molecule has 2 N–H and O–H groups in total. The Kier molecular flexibility index (Phi) is 5.36. The lowest BCUT2D eigenvalue weighted by atomic mass is 10.1. The molecule has 5 heteroatoms. The van der Waals surface area contributed by atoms with Gasteiger partial charge in [-0.2, -0.15) is 0 Å². The average Bonchev–Trinajstić information content (AvgIpc) is 2.85. The van der Waals surface area contributed by atoms with Crippen molar-refractivity contribution < 1.29 is 5.11 Å². The number of halogens is 2. The Labute approximate surface area is 152 Å². The second kappa shape index (κ2) is 7.32. The molecular formula is C19H22Cl2N2O. The lowest BCUT2D eigenvalue weighted by Crippen LogP contribution is -2.35. The molecule has 0 saturated heterocycles. The summed E-state index contributed by atoms with van der Waals surface area (Å²) in [5.41, 5.74) is 2.11. The lowest BCUT2D eigenvalue weighted by molar-refractivity contribution is 0.150. The third kappa shape index (κ3) is 3.55. The Morgan fingerprint density at radius 3 is 2.08 bits per heavy atom. The maximum atomic E-state index is 10.5. The van der Waals surface area contributed by atoms with Gasteiger partial charge < -0.3 is 15.0 Å². The first-order valence-electron chi connectivity index (χ1n) is 8.28. The van der Waals surface area contributed by atoms with Crippen LogP contribution < -0.4 is 5.32 Å².